The first-order valence-corrected chi connectivity index (χ1v) is 11.8. The van der Waals surface area contributed by atoms with Crippen LogP contribution >= 0.6 is 11.3 Å². The number of carbonyl (C=O) groups excluding carboxylic acids is 1. The van der Waals surface area contributed by atoms with E-state index in [9.17, 15) is 4.79 Å². The Bertz CT molecular complexity index is 1070. The molecule has 0 radical (unpaired) electrons. The van der Waals surface area contributed by atoms with E-state index in [1.54, 1.807) is 18.2 Å². The van der Waals surface area contributed by atoms with Crippen LogP contribution in [0.15, 0.2) is 55.1 Å². The quantitative estimate of drug-likeness (QED) is 0.458. The number of fused-ring (bicyclic) bond motifs is 1. The average molecular weight is 452 g/mol. The monoisotopic (exact) mass is 451 g/mol. The predicted molar refractivity (Wildman–Crippen MR) is 130 cm³/mol. The van der Waals surface area contributed by atoms with Crippen molar-refractivity contribution in [2.45, 2.75) is 26.3 Å². The molecule has 0 bridgehead atoms. The third kappa shape index (κ3) is 5.87. The Labute approximate surface area is 192 Å². The number of ether oxygens (including phenoxy) is 2. The minimum Gasteiger partial charge on any atom is -0.486 e. The Morgan fingerprint density at radius 1 is 1.22 bits per heavy atom. The first kappa shape index (κ1) is 22.3. The minimum atomic E-state index is -0.259. The van der Waals surface area contributed by atoms with Crippen LogP contribution in [-0.4, -0.2) is 42.1 Å². The van der Waals surface area contributed by atoms with Gasteiger partial charge in [-0.3, -0.25) is 15.0 Å². The second-order valence-corrected chi connectivity index (χ2v) is 9.19. The van der Waals surface area contributed by atoms with Crippen molar-refractivity contribution in [3.63, 3.8) is 0 Å². The number of aromatic nitrogens is 1. The minimum absolute atomic E-state index is 0.122. The summed E-state index contributed by atoms with van der Waals surface area (Å²) in [5, 5.41) is 3.42. The van der Waals surface area contributed by atoms with Gasteiger partial charge in [0, 0.05) is 6.54 Å². The molecule has 2 heterocycles. The highest BCUT2D eigenvalue weighted by atomic mass is 32.1. The van der Waals surface area contributed by atoms with Gasteiger partial charge in [-0.05, 0) is 61.7 Å². The lowest BCUT2D eigenvalue weighted by Crippen LogP contribution is -2.32. The summed E-state index contributed by atoms with van der Waals surface area (Å²) in [7, 11) is 0. The number of benzene rings is 2. The van der Waals surface area contributed by atoms with Crippen LogP contribution in [0.3, 0.4) is 0 Å². The van der Waals surface area contributed by atoms with E-state index < -0.39 is 0 Å². The normalized spacial score (nSPS) is 14.9. The summed E-state index contributed by atoms with van der Waals surface area (Å²) in [4.78, 5) is 19.5. The van der Waals surface area contributed by atoms with Gasteiger partial charge >= 0.3 is 0 Å². The lowest BCUT2D eigenvalue weighted by atomic mass is 9.99. The maximum Gasteiger partial charge on any atom is 0.264 e. The van der Waals surface area contributed by atoms with E-state index in [4.69, 9.17) is 9.47 Å². The number of amides is 1. The molecule has 6 nitrogen and oxygen atoms in total. The van der Waals surface area contributed by atoms with E-state index in [-0.39, 0.29) is 12.5 Å². The third-order valence-electron chi connectivity index (χ3n) is 5.55. The summed E-state index contributed by atoms with van der Waals surface area (Å²) in [6.45, 7) is 9.50. The Morgan fingerprint density at radius 3 is 2.72 bits per heavy atom. The Balaban J connectivity index is 1.34. The smallest absolute Gasteiger partial charge is 0.264 e. The van der Waals surface area contributed by atoms with Gasteiger partial charge in [0.05, 0.1) is 10.2 Å². The van der Waals surface area contributed by atoms with Crippen LogP contribution in [0.2, 0.25) is 0 Å². The third-order valence-corrected chi connectivity index (χ3v) is 6.48. The molecule has 0 saturated carbocycles. The van der Waals surface area contributed by atoms with Crippen molar-refractivity contribution in [3.8, 4) is 11.5 Å². The number of nitrogens with zero attached hydrogens (tertiary/aromatic N) is 2. The standard InChI is InChI=1S/C25H29N3O3S/c1-3-14-30-21-6-4-5-7-22(21)31-17-24(29)27-25-26-20-9-8-19(15-23(20)32-25)16-28-12-10-18(2)11-13-28/h3-9,15,18H,1,10-14,16-17H2,2H3,(H,26,27,29). The largest absolute Gasteiger partial charge is 0.486 e. The Morgan fingerprint density at radius 2 is 1.97 bits per heavy atom. The topological polar surface area (TPSA) is 63.7 Å². The number of piperidine rings is 1. The van der Waals surface area contributed by atoms with Gasteiger partial charge in [0.2, 0.25) is 0 Å². The van der Waals surface area contributed by atoms with E-state index in [0.717, 1.165) is 35.8 Å². The molecule has 0 unspecified atom stereocenters. The van der Waals surface area contributed by atoms with Crippen LogP contribution in [0.1, 0.15) is 25.3 Å². The zero-order valence-corrected chi connectivity index (χ0v) is 19.2. The molecule has 1 fully saturated rings. The molecular weight excluding hydrogens is 422 g/mol. The highest BCUT2D eigenvalue weighted by Gasteiger charge is 2.16. The van der Waals surface area contributed by atoms with Crippen LogP contribution < -0.4 is 14.8 Å². The number of likely N-dealkylation sites (tertiary alicyclic amines) is 1. The second kappa shape index (κ2) is 10.6. The number of anilines is 1. The molecule has 3 aromatic rings. The van der Waals surface area contributed by atoms with Crippen molar-refractivity contribution in [3.05, 3.63) is 60.7 Å². The predicted octanol–water partition coefficient (Wildman–Crippen LogP) is 5.11. The number of para-hydroxylation sites is 2. The molecule has 32 heavy (non-hydrogen) atoms. The summed E-state index contributed by atoms with van der Waals surface area (Å²) in [6.07, 6.45) is 4.20. The Hall–Kier alpha value is -2.90. The van der Waals surface area contributed by atoms with Gasteiger partial charge in [0.15, 0.2) is 23.2 Å². The van der Waals surface area contributed by atoms with Crippen LogP contribution in [-0.2, 0) is 11.3 Å². The number of hydrogen-bond acceptors (Lipinski definition) is 6. The van der Waals surface area contributed by atoms with Gasteiger partial charge < -0.3 is 9.47 Å². The first-order chi connectivity index (χ1) is 15.6. The van der Waals surface area contributed by atoms with Crippen LogP contribution in [0.5, 0.6) is 11.5 Å². The Kier molecular flexibility index (Phi) is 7.39. The van der Waals surface area contributed by atoms with Gasteiger partial charge in [-0.15, -0.1) is 0 Å². The summed E-state index contributed by atoms with van der Waals surface area (Å²) in [6, 6.07) is 13.6. The van der Waals surface area contributed by atoms with E-state index in [1.807, 2.05) is 18.2 Å². The number of thiazole rings is 1. The summed E-state index contributed by atoms with van der Waals surface area (Å²) >= 11 is 1.49. The molecule has 168 valence electrons. The molecule has 1 aliphatic heterocycles. The summed E-state index contributed by atoms with van der Waals surface area (Å²) in [5.74, 6) is 1.67. The van der Waals surface area contributed by atoms with E-state index in [1.165, 1.54) is 29.7 Å². The maximum atomic E-state index is 12.4. The zero-order chi connectivity index (χ0) is 22.3. The van der Waals surface area contributed by atoms with Crippen molar-refractivity contribution >= 4 is 32.6 Å². The molecule has 1 aromatic heterocycles. The molecule has 1 saturated heterocycles. The van der Waals surface area contributed by atoms with Crippen LogP contribution in [0, 0.1) is 5.92 Å². The lowest BCUT2D eigenvalue weighted by Gasteiger charge is -2.30. The summed E-state index contributed by atoms with van der Waals surface area (Å²) < 4.78 is 12.3. The summed E-state index contributed by atoms with van der Waals surface area (Å²) in [5.41, 5.74) is 2.18. The van der Waals surface area contributed by atoms with Crippen molar-refractivity contribution in [1.29, 1.82) is 0 Å². The zero-order valence-electron chi connectivity index (χ0n) is 18.4. The number of nitrogens with one attached hydrogen (secondary N) is 1. The fourth-order valence-electron chi connectivity index (χ4n) is 3.74. The van der Waals surface area contributed by atoms with E-state index in [2.05, 4.69) is 40.8 Å². The SMILES string of the molecule is C=CCOc1ccccc1OCC(=O)Nc1nc2ccc(CN3CCC(C)CC3)cc2s1. The van der Waals surface area contributed by atoms with E-state index >= 15 is 0 Å². The first-order valence-electron chi connectivity index (χ1n) is 11.0. The molecule has 4 rings (SSSR count). The lowest BCUT2D eigenvalue weighted by molar-refractivity contribution is -0.118. The van der Waals surface area contributed by atoms with Crippen molar-refractivity contribution in [1.82, 2.24) is 9.88 Å². The van der Waals surface area contributed by atoms with Gasteiger partial charge in [-0.25, -0.2) is 4.98 Å². The van der Waals surface area contributed by atoms with Crippen LogP contribution in [0.25, 0.3) is 10.2 Å². The second-order valence-electron chi connectivity index (χ2n) is 8.16. The average Bonchev–Trinajstić information content (AvgIpc) is 3.19. The molecule has 2 aromatic carbocycles. The molecule has 1 aliphatic rings. The molecule has 0 aliphatic carbocycles. The molecular formula is C25H29N3O3S. The molecule has 7 heteroatoms. The van der Waals surface area contributed by atoms with Gasteiger partial charge in [-0.2, -0.15) is 0 Å². The fourth-order valence-corrected chi connectivity index (χ4v) is 4.68. The molecule has 1 amide bonds. The van der Waals surface area contributed by atoms with Gasteiger partial charge in [-0.1, -0.05) is 49.1 Å². The van der Waals surface area contributed by atoms with Crippen molar-refractivity contribution in [2.24, 2.45) is 5.92 Å². The van der Waals surface area contributed by atoms with E-state index in [0.29, 0.717) is 23.2 Å². The van der Waals surface area contributed by atoms with Crippen molar-refractivity contribution < 1.29 is 14.3 Å². The molecule has 1 N–H and O–H groups in total. The highest BCUT2D eigenvalue weighted by Crippen LogP contribution is 2.29. The maximum absolute atomic E-state index is 12.4. The van der Waals surface area contributed by atoms with Gasteiger partial charge in [0.25, 0.3) is 5.91 Å². The van der Waals surface area contributed by atoms with Crippen molar-refractivity contribution in [2.75, 3.05) is 31.6 Å². The molecule has 0 spiro atoms. The highest BCUT2D eigenvalue weighted by molar-refractivity contribution is 7.22. The number of rotatable bonds is 9. The van der Waals surface area contributed by atoms with Gasteiger partial charge in [0.1, 0.15) is 6.61 Å². The van der Waals surface area contributed by atoms with Crippen LogP contribution in [0.4, 0.5) is 5.13 Å². The number of hydrogen-bond donors (Lipinski definition) is 1. The number of carbonyl (C=O) groups is 1. The fraction of sp³-hybridized carbons (Fsp3) is 0.360. The molecule has 0 atom stereocenters.